The fraction of sp³-hybridized carbons (Fsp3) is 0.533. The van der Waals surface area contributed by atoms with Crippen molar-refractivity contribution >= 4 is 5.91 Å². The van der Waals surface area contributed by atoms with Crippen molar-refractivity contribution in [3.63, 3.8) is 0 Å². The van der Waals surface area contributed by atoms with Crippen molar-refractivity contribution in [1.29, 1.82) is 0 Å². The largest absolute Gasteiger partial charge is 0.507 e. The Morgan fingerprint density at radius 3 is 2.78 bits per heavy atom. The number of benzene rings is 1. The Hall–Kier alpha value is -1.51. The predicted molar refractivity (Wildman–Crippen MR) is 69.5 cm³/mol. The third-order valence-corrected chi connectivity index (χ3v) is 4.45. The van der Waals surface area contributed by atoms with Gasteiger partial charge in [-0.25, -0.2) is 0 Å². The van der Waals surface area contributed by atoms with Crippen LogP contribution in [0.1, 0.15) is 41.6 Å². The minimum Gasteiger partial charge on any atom is -0.507 e. The second-order valence-corrected chi connectivity index (χ2v) is 5.78. The average molecular weight is 245 g/mol. The molecule has 1 amide bonds. The number of phenols is 1. The highest BCUT2D eigenvalue weighted by molar-refractivity contribution is 5.97. The van der Waals surface area contributed by atoms with Crippen LogP contribution in [0.3, 0.4) is 0 Å². The van der Waals surface area contributed by atoms with E-state index in [1.807, 2.05) is 13.0 Å². The van der Waals surface area contributed by atoms with Gasteiger partial charge in [-0.2, -0.15) is 0 Å². The number of hydrogen-bond acceptors (Lipinski definition) is 2. The SMILES string of the molecule is Cc1ccc(C(=O)NC2CC3CCC2C3)c(O)c1. The molecule has 3 atom stereocenters. The first-order valence-electron chi connectivity index (χ1n) is 6.74. The molecule has 1 aromatic rings. The molecule has 18 heavy (non-hydrogen) atoms. The molecule has 2 saturated carbocycles. The van der Waals surface area contributed by atoms with Crippen LogP contribution in [0.5, 0.6) is 5.75 Å². The van der Waals surface area contributed by atoms with Gasteiger partial charge in [0, 0.05) is 6.04 Å². The van der Waals surface area contributed by atoms with E-state index in [1.54, 1.807) is 12.1 Å². The van der Waals surface area contributed by atoms with E-state index >= 15 is 0 Å². The maximum atomic E-state index is 12.1. The van der Waals surface area contributed by atoms with Crippen molar-refractivity contribution < 1.29 is 9.90 Å². The molecule has 96 valence electrons. The van der Waals surface area contributed by atoms with Crippen LogP contribution in [-0.4, -0.2) is 17.1 Å². The molecule has 2 N–H and O–H groups in total. The lowest BCUT2D eigenvalue weighted by atomic mass is 9.95. The van der Waals surface area contributed by atoms with Gasteiger partial charge in [0.1, 0.15) is 5.75 Å². The second kappa shape index (κ2) is 4.30. The maximum Gasteiger partial charge on any atom is 0.255 e. The number of aromatic hydroxyl groups is 1. The normalized spacial score (nSPS) is 29.5. The predicted octanol–water partition coefficient (Wildman–Crippen LogP) is 2.62. The number of hydrogen-bond donors (Lipinski definition) is 2. The summed E-state index contributed by atoms with van der Waals surface area (Å²) in [5.41, 5.74) is 1.35. The first-order valence-corrected chi connectivity index (χ1v) is 6.74. The second-order valence-electron chi connectivity index (χ2n) is 5.78. The van der Waals surface area contributed by atoms with E-state index in [9.17, 15) is 9.90 Å². The molecule has 0 heterocycles. The van der Waals surface area contributed by atoms with E-state index in [-0.39, 0.29) is 11.7 Å². The van der Waals surface area contributed by atoms with E-state index in [1.165, 1.54) is 19.3 Å². The fourth-order valence-corrected chi connectivity index (χ4v) is 3.50. The smallest absolute Gasteiger partial charge is 0.255 e. The molecular weight excluding hydrogens is 226 g/mol. The molecular formula is C15H19NO2. The zero-order valence-corrected chi connectivity index (χ0v) is 10.6. The van der Waals surface area contributed by atoms with Crippen LogP contribution in [0.2, 0.25) is 0 Å². The zero-order chi connectivity index (χ0) is 12.7. The zero-order valence-electron chi connectivity index (χ0n) is 10.6. The molecule has 0 saturated heterocycles. The summed E-state index contributed by atoms with van der Waals surface area (Å²) < 4.78 is 0. The number of aryl methyl sites for hydroxylation is 1. The molecule has 3 nitrogen and oxygen atoms in total. The van der Waals surface area contributed by atoms with Crippen molar-refractivity contribution in [1.82, 2.24) is 5.32 Å². The summed E-state index contributed by atoms with van der Waals surface area (Å²) in [4.78, 5) is 12.1. The summed E-state index contributed by atoms with van der Waals surface area (Å²) in [5, 5.41) is 12.9. The van der Waals surface area contributed by atoms with Crippen molar-refractivity contribution in [3.8, 4) is 5.75 Å². The highest BCUT2D eigenvalue weighted by atomic mass is 16.3. The lowest BCUT2D eigenvalue weighted by Crippen LogP contribution is -2.38. The maximum absolute atomic E-state index is 12.1. The highest BCUT2D eigenvalue weighted by Gasteiger charge is 2.40. The standard InChI is InChI=1S/C15H19NO2/c1-9-2-5-12(14(17)6-9)15(18)16-13-8-10-3-4-11(13)7-10/h2,5-6,10-11,13,17H,3-4,7-8H2,1H3,(H,16,18). The molecule has 0 spiro atoms. The number of amides is 1. The highest BCUT2D eigenvalue weighted by Crippen LogP contribution is 2.44. The van der Waals surface area contributed by atoms with Crippen molar-refractivity contribution in [3.05, 3.63) is 29.3 Å². The van der Waals surface area contributed by atoms with E-state index in [2.05, 4.69) is 5.32 Å². The molecule has 2 fully saturated rings. The van der Waals surface area contributed by atoms with E-state index in [4.69, 9.17) is 0 Å². The van der Waals surface area contributed by atoms with Gasteiger partial charge in [0.15, 0.2) is 0 Å². The Bertz CT molecular complexity index is 483. The molecule has 0 aliphatic heterocycles. The van der Waals surface area contributed by atoms with Crippen molar-refractivity contribution in [2.24, 2.45) is 11.8 Å². The monoisotopic (exact) mass is 245 g/mol. The van der Waals surface area contributed by atoms with Crippen LogP contribution >= 0.6 is 0 Å². The number of carbonyl (C=O) groups is 1. The summed E-state index contributed by atoms with van der Waals surface area (Å²) >= 11 is 0. The van der Waals surface area contributed by atoms with Crippen LogP contribution in [0.15, 0.2) is 18.2 Å². The summed E-state index contributed by atoms with van der Waals surface area (Å²) in [5.74, 6) is 1.42. The van der Waals surface area contributed by atoms with Gasteiger partial charge in [-0.05, 0) is 55.7 Å². The van der Waals surface area contributed by atoms with Crippen LogP contribution in [0, 0.1) is 18.8 Å². The Morgan fingerprint density at radius 1 is 1.33 bits per heavy atom. The quantitative estimate of drug-likeness (QED) is 0.841. The topological polar surface area (TPSA) is 49.3 Å². The number of phenolic OH excluding ortho intramolecular Hbond substituents is 1. The Kier molecular flexibility index (Phi) is 2.77. The Labute approximate surface area is 107 Å². The van der Waals surface area contributed by atoms with Gasteiger partial charge in [0.2, 0.25) is 0 Å². The lowest BCUT2D eigenvalue weighted by molar-refractivity contribution is 0.0920. The molecule has 1 aromatic carbocycles. The first kappa shape index (κ1) is 11.6. The lowest BCUT2D eigenvalue weighted by Gasteiger charge is -2.23. The number of rotatable bonds is 2. The van der Waals surface area contributed by atoms with Crippen LogP contribution in [0.25, 0.3) is 0 Å². The molecule has 2 aliphatic carbocycles. The molecule has 3 rings (SSSR count). The third-order valence-electron chi connectivity index (χ3n) is 4.45. The Morgan fingerprint density at radius 2 is 2.17 bits per heavy atom. The first-order chi connectivity index (χ1) is 8.63. The molecule has 2 bridgehead atoms. The number of carbonyl (C=O) groups excluding carboxylic acids is 1. The van der Waals surface area contributed by atoms with Gasteiger partial charge >= 0.3 is 0 Å². The van der Waals surface area contributed by atoms with Gasteiger partial charge in [0.05, 0.1) is 5.56 Å². The molecule has 2 aliphatic rings. The van der Waals surface area contributed by atoms with Crippen molar-refractivity contribution in [2.75, 3.05) is 0 Å². The summed E-state index contributed by atoms with van der Waals surface area (Å²) in [6, 6.07) is 5.51. The third kappa shape index (κ3) is 1.98. The summed E-state index contributed by atoms with van der Waals surface area (Å²) in [6.07, 6.45) is 4.95. The van der Waals surface area contributed by atoms with E-state index in [0.29, 0.717) is 17.5 Å². The molecule has 0 radical (unpaired) electrons. The minimum atomic E-state index is -0.134. The average Bonchev–Trinajstić information content (AvgIpc) is 2.90. The number of nitrogens with one attached hydrogen (secondary N) is 1. The van der Waals surface area contributed by atoms with Crippen LogP contribution in [-0.2, 0) is 0 Å². The van der Waals surface area contributed by atoms with Gasteiger partial charge in [-0.3, -0.25) is 4.79 Å². The molecule has 3 unspecified atom stereocenters. The summed E-state index contributed by atoms with van der Waals surface area (Å²) in [6.45, 7) is 1.90. The molecule has 3 heteroatoms. The minimum absolute atomic E-state index is 0.0793. The van der Waals surface area contributed by atoms with Crippen LogP contribution in [0.4, 0.5) is 0 Å². The Balaban J connectivity index is 1.71. The summed E-state index contributed by atoms with van der Waals surface area (Å²) in [7, 11) is 0. The van der Waals surface area contributed by atoms with E-state index in [0.717, 1.165) is 17.9 Å². The van der Waals surface area contributed by atoms with Crippen LogP contribution < -0.4 is 5.32 Å². The van der Waals surface area contributed by atoms with Gasteiger partial charge in [-0.15, -0.1) is 0 Å². The van der Waals surface area contributed by atoms with E-state index < -0.39 is 0 Å². The molecule has 0 aromatic heterocycles. The van der Waals surface area contributed by atoms with Gasteiger partial charge < -0.3 is 10.4 Å². The number of fused-ring (bicyclic) bond motifs is 2. The van der Waals surface area contributed by atoms with Gasteiger partial charge in [0.25, 0.3) is 5.91 Å². The van der Waals surface area contributed by atoms with Gasteiger partial charge in [-0.1, -0.05) is 12.5 Å². The van der Waals surface area contributed by atoms with Crippen molar-refractivity contribution in [2.45, 2.75) is 38.6 Å². The fourth-order valence-electron chi connectivity index (χ4n) is 3.50.